The molecule has 0 radical (unpaired) electrons. The van der Waals surface area contributed by atoms with Gasteiger partial charge in [-0.05, 0) is 55.2 Å². The SMILES string of the molecule is OC(O)(CC1CC1)[P+](c1ccccc1)(c1ccccc1)c1ccccc1.[Br-]. The molecule has 0 spiro atoms. The van der Waals surface area contributed by atoms with Crippen LogP contribution >= 0.6 is 7.26 Å². The van der Waals surface area contributed by atoms with Gasteiger partial charge >= 0.3 is 0 Å². The van der Waals surface area contributed by atoms with E-state index in [9.17, 15) is 10.2 Å². The monoisotopic (exact) mass is 442 g/mol. The summed E-state index contributed by atoms with van der Waals surface area (Å²) in [6.07, 6.45) is 2.59. The summed E-state index contributed by atoms with van der Waals surface area (Å²) in [7, 11) is -2.66. The molecule has 1 aliphatic rings. The Labute approximate surface area is 172 Å². The van der Waals surface area contributed by atoms with Gasteiger partial charge in [0, 0.05) is 6.42 Å². The molecule has 1 fully saturated rings. The Morgan fingerprint density at radius 2 is 1.00 bits per heavy atom. The first-order valence-electron chi connectivity index (χ1n) is 9.15. The summed E-state index contributed by atoms with van der Waals surface area (Å²) in [6.45, 7) is 0. The predicted octanol–water partition coefficient (Wildman–Crippen LogP) is 0.423. The van der Waals surface area contributed by atoms with Crippen LogP contribution < -0.4 is 32.9 Å². The van der Waals surface area contributed by atoms with E-state index < -0.39 is 12.8 Å². The van der Waals surface area contributed by atoms with Gasteiger partial charge in [0.05, 0.1) is 0 Å². The minimum absolute atomic E-state index is 0. The molecule has 0 aromatic heterocycles. The first-order valence-corrected chi connectivity index (χ1v) is 10.9. The first kappa shape index (κ1) is 20.2. The Morgan fingerprint density at radius 3 is 1.30 bits per heavy atom. The normalized spacial score (nSPS) is 14.4. The average molecular weight is 443 g/mol. The van der Waals surface area contributed by atoms with E-state index in [1.54, 1.807) is 0 Å². The van der Waals surface area contributed by atoms with Crippen molar-refractivity contribution in [2.75, 3.05) is 0 Å². The molecule has 3 aromatic carbocycles. The molecule has 2 nitrogen and oxygen atoms in total. The smallest absolute Gasteiger partial charge is 0.293 e. The summed E-state index contributed by atoms with van der Waals surface area (Å²) in [4.78, 5) is 0. The highest BCUT2D eigenvalue weighted by molar-refractivity contribution is 7.96. The van der Waals surface area contributed by atoms with Crippen molar-refractivity contribution >= 4 is 23.2 Å². The average Bonchev–Trinajstić information content (AvgIpc) is 3.48. The molecule has 0 amide bonds. The van der Waals surface area contributed by atoms with E-state index in [1.807, 2.05) is 91.0 Å². The summed E-state index contributed by atoms with van der Waals surface area (Å²) in [5, 5.41) is 26.2. The third-order valence-corrected chi connectivity index (χ3v) is 9.70. The third kappa shape index (κ3) is 3.75. The van der Waals surface area contributed by atoms with Crippen LogP contribution in [0.5, 0.6) is 0 Å². The molecule has 140 valence electrons. The second-order valence-electron chi connectivity index (χ2n) is 7.10. The Kier molecular flexibility index (Phi) is 6.18. The van der Waals surface area contributed by atoms with Crippen LogP contribution in [0.1, 0.15) is 19.3 Å². The summed E-state index contributed by atoms with van der Waals surface area (Å²) < 4.78 is 0. The van der Waals surface area contributed by atoms with Crippen LogP contribution in [-0.2, 0) is 0 Å². The predicted molar refractivity (Wildman–Crippen MR) is 110 cm³/mol. The highest BCUT2D eigenvalue weighted by atomic mass is 79.9. The van der Waals surface area contributed by atoms with E-state index >= 15 is 0 Å². The summed E-state index contributed by atoms with van der Waals surface area (Å²) in [5.74, 6) is 0.403. The van der Waals surface area contributed by atoms with Gasteiger partial charge in [-0.1, -0.05) is 54.6 Å². The van der Waals surface area contributed by atoms with Crippen molar-refractivity contribution in [3.63, 3.8) is 0 Å². The summed E-state index contributed by atoms with van der Waals surface area (Å²) in [5.41, 5.74) is -1.78. The molecule has 2 N–H and O–H groups in total. The first-order chi connectivity index (χ1) is 12.6. The Balaban J connectivity index is 0.00000210. The van der Waals surface area contributed by atoms with Crippen molar-refractivity contribution < 1.29 is 27.2 Å². The van der Waals surface area contributed by atoms with Crippen molar-refractivity contribution in [3.05, 3.63) is 91.0 Å². The number of aliphatic hydroxyl groups is 2. The van der Waals surface area contributed by atoms with Gasteiger partial charge in [-0.15, -0.1) is 0 Å². The fourth-order valence-electron chi connectivity index (χ4n) is 3.87. The van der Waals surface area contributed by atoms with Crippen LogP contribution in [0.3, 0.4) is 0 Å². The van der Waals surface area contributed by atoms with Crippen LogP contribution in [0.25, 0.3) is 0 Å². The molecule has 0 saturated heterocycles. The van der Waals surface area contributed by atoms with Crippen molar-refractivity contribution in [2.24, 2.45) is 5.92 Å². The molecule has 1 aliphatic carbocycles. The van der Waals surface area contributed by atoms with Crippen LogP contribution in [0.2, 0.25) is 0 Å². The lowest BCUT2D eigenvalue weighted by Crippen LogP contribution is -3.00. The van der Waals surface area contributed by atoms with Gasteiger partial charge in [0.25, 0.3) is 5.53 Å². The molecule has 0 bridgehead atoms. The largest absolute Gasteiger partial charge is 1.00 e. The Morgan fingerprint density at radius 1 is 0.667 bits per heavy atom. The second-order valence-corrected chi connectivity index (χ2v) is 10.7. The van der Waals surface area contributed by atoms with Gasteiger partial charge in [-0.25, -0.2) is 0 Å². The van der Waals surface area contributed by atoms with E-state index in [4.69, 9.17) is 0 Å². The minimum Gasteiger partial charge on any atom is -1.00 e. The standard InChI is InChI=1S/C23H24O2P.BrH/c24-23(25,18-19-16-17-19)26(20-10-4-1-5-11-20,21-12-6-2-7-13-21)22-14-8-3-9-15-22;/h1-15,19,24-25H,16-18H2;1H/q+1;/p-1. The molecule has 1 saturated carbocycles. The van der Waals surface area contributed by atoms with Crippen molar-refractivity contribution in [2.45, 2.75) is 24.8 Å². The third-order valence-electron chi connectivity index (χ3n) is 5.23. The molecular weight excluding hydrogens is 419 g/mol. The Hall–Kier alpha value is -1.51. The molecule has 0 heterocycles. The van der Waals surface area contributed by atoms with E-state index in [0.717, 1.165) is 28.8 Å². The van der Waals surface area contributed by atoms with Gasteiger partial charge in [0.1, 0.15) is 15.9 Å². The highest BCUT2D eigenvalue weighted by Crippen LogP contribution is 2.66. The van der Waals surface area contributed by atoms with Gasteiger partial charge in [0.15, 0.2) is 7.26 Å². The van der Waals surface area contributed by atoms with Gasteiger partial charge in [-0.2, -0.15) is 0 Å². The van der Waals surface area contributed by atoms with Crippen LogP contribution in [0.15, 0.2) is 91.0 Å². The Bertz CT molecular complexity index is 753. The number of hydrogen-bond acceptors (Lipinski definition) is 2. The minimum atomic E-state index is -2.66. The maximum atomic E-state index is 11.6. The second kappa shape index (κ2) is 8.24. The van der Waals surface area contributed by atoms with Crippen LogP contribution in [0.4, 0.5) is 0 Å². The fourth-order valence-corrected chi connectivity index (χ4v) is 8.39. The molecular formula is C23H24BrO2P. The van der Waals surface area contributed by atoms with Crippen molar-refractivity contribution in [1.29, 1.82) is 0 Å². The maximum absolute atomic E-state index is 11.6. The number of benzene rings is 3. The lowest BCUT2D eigenvalue weighted by atomic mass is 10.3. The van der Waals surface area contributed by atoms with Gasteiger partial charge in [-0.3, -0.25) is 0 Å². The van der Waals surface area contributed by atoms with Crippen molar-refractivity contribution in [1.82, 2.24) is 0 Å². The molecule has 4 rings (SSSR count). The molecule has 0 unspecified atom stereocenters. The maximum Gasteiger partial charge on any atom is 0.293 e. The zero-order valence-electron chi connectivity index (χ0n) is 15.1. The van der Waals surface area contributed by atoms with E-state index in [0.29, 0.717) is 12.3 Å². The van der Waals surface area contributed by atoms with Gasteiger partial charge in [0.2, 0.25) is 0 Å². The highest BCUT2D eigenvalue weighted by Gasteiger charge is 2.63. The van der Waals surface area contributed by atoms with Crippen LogP contribution in [-0.4, -0.2) is 15.7 Å². The summed E-state index contributed by atoms with van der Waals surface area (Å²) in [6, 6.07) is 30.1. The van der Waals surface area contributed by atoms with Gasteiger partial charge < -0.3 is 27.2 Å². The zero-order valence-corrected chi connectivity index (χ0v) is 17.6. The van der Waals surface area contributed by atoms with Crippen LogP contribution in [0, 0.1) is 5.92 Å². The van der Waals surface area contributed by atoms with E-state index in [1.165, 1.54) is 0 Å². The lowest BCUT2D eigenvalue weighted by molar-refractivity contribution is -0.0910. The molecule has 0 atom stereocenters. The number of hydrogen-bond donors (Lipinski definition) is 2. The topological polar surface area (TPSA) is 40.5 Å². The number of rotatable bonds is 6. The van der Waals surface area contributed by atoms with E-state index in [-0.39, 0.29) is 17.0 Å². The zero-order chi connectivity index (χ0) is 18.0. The lowest BCUT2D eigenvalue weighted by Gasteiger charge is -2.37. The molecule has 0 aliphatic heterocycles. The molecule has 3 aromatic rings. The molecule has 27 heavy (non-hydrogen) atoms. The quantitative estimate of drug-likeness (QED) is 0.429. The fraction of sp³-hybridized carbons (Fsp3) is 0.217. The number of halogens is 1. The van der Waals surface area contributed by atoms with E-state index in [2.05, 4.69) is 0 Å². The summed E-state index contributed by atoms with van der Waals surface area (Å²) >= 11 is 0. The van der Waals surface area contributed by atoms with Crippen molar-refractivity contribution in [3.8, 4) is 0 Å². The molecule has 4 heteroatoms.